The molecule has 1 heterocycles. The Morgan fingerprint density at radius 1 is 1.38 bits per heavy atom. The van der Waals surface area contributed by atoms with E-state index in [0.29, 0.717) is 6.04 Å². The van der Waals surface area contributed by atoms with Crippen molar-refractivity contribution in [1.82, 2.24) is 0 Å². The lowest BCUT2D eigenvalue weighted by molar-refractivity contribution is 0.639. The van der Waals surface area contributed by atoms with Crippen molar-refractivity contribution in [2.24, 2.45) is 5.73 Å². The second kappa shape index (κ2) is 4.49. The van der Waals surface area contributed by atoms with E-state index >= 15 is 0 Å². The normalized spacial score (nSPS) is 19.6. The molecule has 1 aliphatic heterocycles. The van der Waals surface area contributed by atoms with E-state index in [9.17, 15) is 0 Å². The van der Waals surface area contributed by atoms with E-state index in [1.54, 1.807) is 0 Å². The van der Waals surface area contributed by atoms with Gasteiger partial charge >= 0.3 is 0 Å². The first-order valence-electron chi connectivity index (χ1n) is 4.44. The Labute approximate surface area is 84.9 Å². The van der Waals surface area contributed by atoms with Crippen LogP contribution in [-0.4, -0.2) is 12.6 Å². The van der Waals surface area contributed by atoms with Crippen molar-refractivity contribution >= 4 is 18.1 Å². The Morgan fingerprint density at radius 3 is 2.92 bits per heavy atom. The van der Waals surface area contributed by atoms with Crippen molar-refractivity contribution in [2.75, 3.05) is 11.9 Å². The molecule has 2 rings (SSSR count). The second-order valence-electron chi connectivity index (χ2n) is 3.27. The maximum Gasteiger partial charge on any atom is 0.0387 e. The molecule has 0 spiro atoms. The van der Waals surface area contributed by atoms with E-state index in [0.717, 1.165) is 19.4 Å². The molecule has 1 unspecified atom stereocenters. The molecule has 0 bridgehead atoms. The van der Waals surface area contributed by atoms with Gasteiger partial charge in [-0.1, -0.05) is 18.2 Å². The molecule has 0 saturated heterocycles. The first kappa shape index (κ1) is 10.4. The fraction of sp³-hybridized carbons (Fsp3) is 0.400. The first-order valence-corrected chi connectivity index (χ1v) is 4.44. The lowest BCUT2D eigenvalue weighted by Crippen LogP contribution is -2.32. The summed E-state index contributed by atoms with van der Waals surface area (Å²) in [4.78, 5) is 0. The Hall–Kier alpha value is -0.730. The molecule has 0 radical (unpaired) electrons. The Bertz CT molecular complexity index is 275. The number of nitrogens with two attached hydrogens (primary N) is 1. The van der Waals surface area contributed by atoms with Gasteiger partial charge in [0.05, 0.1) is 0 Å². The van der Waals surface area contributed by atoms with E-state index < -0.39 is 0 Å². The van der Waals surface area contributed by atoms with Crippen LogP contribution in [-0.2, 0) is 6.42 Å². The van der Waals surface area contributed by atoms with Gasteiger partial charge in [0, 0.05) is 18.3 Å². The highest BCUT2D eigenvalue weighted by molar-refractivity contribution is 5.85. The summed E-state index contributed by atoms with van der Waals surface area (Å²) in [7, 11) is 0. The van der Waals surface area contributed by atoms with Gasteiger partial charge in [0.15, 0.2) is 0 Å². The summed E-state index contributed by atoms with van der Waals surface area (Å²) >= 11 is 0. The van der Waals surface area contributed by atoms with Gasteiger partial charge < -0.3 is 11.1 Å². The molecule has 1 aromatic rings. The van der Waals surface area contributed by atoms with Crippen molar-refractivity contribution in [2.45, 2.75) is 18.9 Å². The quantitative estimate of drug-likeness (QED) is 0.722. The predicted molar refractivity (Wildman–Crippen MR) is 58.5 cm³/mol. The van der Waals surface area contributed by atoms with Crippen molar-refractivity contribution < 1.29 is 0 Å². The molecule has 72 valence electrons. The van der Waals surface area contributed by atoms with Gasteiger partial charge in [-0.05, 0) is 24.5 Å². The van der Waals surface area contributed by atoms with E-state index in [1.165, 1.54) is 11.3 Å². The van der Waals surface area contributed by atoms with Crippen LogP contribution in [0.15, 0.2) is 24.3 Å². The van der Waals surface area contributed by atoms with E-state index in [1.807, 2.05) is 0 Å². The number of hydrogen-bond donors (Lipinski definition) is 2. The zero-order valence-corrected chi connectivity index (χ0v) is 8.31. The smallest absolute Gasteiger partial charge is 0.0387 e. The summed E-state index contributed by atoms with van der Waals surface area (Å²) in [5.74, 6) is 0. The second-order valence-corrected chi connectivity index (χ2v) is 3.27. The average molecular weight is 199 g/mol. The molecule has 0 aliphatic carbocycles. The summed E-state index contributed by atoms with van der Waals surface area (Å²) in [5, 5.41) is 3.42. The number of nitrogens with one attached hydrogen (secondary N) is 1. The summed E-state index contributed by atoms with van der Waals surface area (Å²) in [6, 6.07) is 8.92. The number of para-hydroxylation sites is 1. The van der Waals surface area contributed by atoms with Gasteiger partial charge in [-0.3, -0.25) is 0 Å². The van der Waals surface area contributed by atoms with E-state index in [-0.39, 0.29) is 12.4 Å². The third-order valence-corrected chi connectivity index (χ3v) is 2.42. The third kappa shape index (κ3) is 2.14. The highest BCUT2D eigenvalue weighted by Crippen LogP contribution is 2.23. The third-order valence-electron chi connectivity index (χ3n) is 2.42. The summed E-state index contributed by atoms with van der Waals surface area (Å²) in [5.41, 5.74) is 8.28. The fourth-order valence-electron chi connectivity index (χ4n) is 1.68. The molecular weight excluding hydrogens is 184 g/mol. The van der Waals surface area contributed by atoms with Crippen molar-refractivity contribution in [3.63, 3.8) is 0 Å². The first-order chi connectivity index (χ1) is 5.90. The summed E-state index contributed by atoms with van der Waals surface area (Å²) in [6.45, 7) is 0.730. The van der Waals surface area contributed by atoms with E-state index in [2.05, 4.69) is 29.6 Å². The minimum Gasteiger partial charge on any atom is -0.381 e. The molecule has 1 aliphatic rings. The maximum absolute atomic E-state index is 5.60. The topological polar surface area (TPSA) is 38.0 Å². The molecule has 0 aromatic heterocycles. The van der Waals surface area contributed by atoms with Crippen molar-refractivity contribution in [3.8, 4) is 0 Å². The van der Waals surface area contributed by atoms with Crippen molar-refractivity contribution in [3.05, 3.63) is 29.8 Å². The average Bonchev–Trinajstić information content (AvgIpc) is 2.17. The molecule has 13 heavy (non-hydrogen) atoms. The van der Waals surface area contributed by atoms with E-state index in [4.69, 9.17) is 5.73 Å². The summed E-state index contributed by atoms with van der Waals surface area (Å²) in [6.07, 6.45) is 2.32. The molecular formula is C10H15ClN2. The van der Waals surface area contributed by atoms with Gasteiger partial charge in [0.25, 0.3) is 0 Å². The number of rotatable bonds is 1. The minimum atomic E-state index is 0. The number of halogens is 1. The molecule has 3 N–H and O–H groups in total. The minimum absolute atomic E-state index is 0. The van der Waals surface area contributed by atoms with Crippen LogP contribution >= 0.6 is 12.4 Å². The van der Waals surface area contributed by atoms with Gasteiger partial charge in [-0.2, -0.15) is 0 Å². The van der Waals surface area contributed by atoms with Crippen LogP contribution in [0.25, 0.3) is 0 Å². The van der Waals surface area contributed by atoms with Crippen LogP contribution in [0.3, 0.4) is 0 Å². The highest BCUT2D eigenvalue weighted by atomic mass is 35.5. The molecule has 0 amide bonds. The highest BCUT2D eigenvalue weighted by Gasteiger charge is 2.14. The molecule has 0 fully saturated rings. The predicted octanol–water partition coefficient (Wildman–Crippen LogP) is 1.79. The Morgan fingerprint density at radius 2 is 2.15 bits per heavy atom. The van der Waals surface area contributed by atoms with Crippen LogP contribution in [0, 0.1) is 0 Å². The standard InChI is InChI=1S/C10H14N2.ClH/c11-7-9-6-5-8-3-1-2-4-10(8)12-9;/h1-4,9,12H,5-7,11H2;1H. The lowest BCUT2D eigenvalue weighted by atomic mass is 9.98. The van der Waals surface area contributed by atoms with Crippen LogP contribution in [0.1, 0.15) is 12.0 Å². The lowest BCUT2D eigenvalue weighted by Gasteiger charge is -2.25. The van der Waals surface area contributed by atoms with Crippen LogP contribution in [0.4, 0.5) is 5.69 Å². The fourth-order valence-corrected chi connectivity index (χ4v) is 1.68. The zero-order chi connectivity index (χ0) is 8.39. The van der Waals surface area contributed by atoms with Gasteiger partial charge in [-0.25, -0.2) is 0 Å². The molecule has 1 atom stereocenters. The molecule has 0 saturated carbocycles. The number of aryl methyl sites for hydroxylation is 1. The number of fused-ring (bicyclic) bond motifs is 1. The molecule has 2 nitrogen and oxygen atoms in total. The van der Waals surface area contributed by atoms with Crippen LogP contribution in [0.5, 0.6) is 0 Å². The number of anilines is 1. The number of hydrogen-bond acceptors (Lipinski definition) is 2. The van der Waals surface area contributed by atoms with Gasteiger partial charge in [0.1, 0.15) is 0 Å². The monoisotopic (exact) mass is 198 g/mol. The Balaban J connectivity index is 0.000000845. The largest absolute Gasteiger partial charge is 0.381 e. The number of benzene rings is 1. The zero-order valence-electron chi connectivity index (χ0n) is 7.49. The SMILES string of the molecule is Cl.NCC1CCc2ccccc2N1. The molecule has 3 heteroatoms. The molecule has 1 aromatic carbocycles. The van der Waals surface area contributed by atoms with Crippen LogP contribution in [0.2, 0.25) is 0 Å². The van der Waals surface area contributed by atoms with Crippen LogP contribution < -0.4 is 11.1 Å². The van der Waals surface area contributed by atoms with Gasteiger partial charge in [0.2, 0.25) is 0 Å². The van der Waals surface area contributed by atoms with Gasteiger partial charge in [-0.15, -0.1) is 12.4 Å². The van der Waals surface area contributed by atoms with Crippen molar-refractivity contribution in [1.29, 1.82) is 0 Å². The summed E-state index contributed by atoms with van der Waals surface area (Å²) < 4.78 is 0. The maximum atomic E-state index is 5.60. The Kier molecular flexibility index (Phi) is 3.58.